The molecule has 0 saturated carbocycles. The third kappa shape index (κ3) is 6.58. The maximum absolute atomic E-state index is 13.2. The summed E-state index contributed by atoms with van der Waals surface area (Å²) in [5, 5.41) is 14.2. The molecule has 1 atom stereocenters. The van der Waals surface area contributed by atoms with E-state index in [0.29, 0.717) is 41.8 Å². The monoisotopic (exact) mass is 463 g/mol. The van der Waals surface area contributed by atoms with Crippen molar-refractivity contribution in [3.63, 3.8) is 0 Å². The normalized spacial score (nSPS) is 11.9. The number of hydrogen-bond donors (Lipinski definition) is 2. The van der Waals surface area contributed by atoms with Crippen molar-refractivity contribution >= 4 is 23.2 Å². The molecule has 4 nitrogen and oxygen atoms in total. The average Bonchev–Trinajstić information content (AvgIpc) is 2.75. The number of halogens is 3. The Labute approximate surface area is 191 Å². The van der Waals surface area contributed by atoms with Crippen LogP contribution in [-0.4, -0.2) is 18.3 Å². The molecule has 0 aromatic heterocycles. The summed E-state index contributed by atoms with van der Waals surface area (Å²) in [6.07, 6.45) is -0.605. The van der Waals surface area contributed by atoms with Crippen LogP contribution in [0, 0.1) is 5.82 Å². The zero-order chi connectivity index (χ0) is 22.2. The molecule has 2 N–H and O–H groups in total. The molecule has 0 amide bonds. The first-order valence-corrected chi connectivity index (χ1v) is 10.7. The van der Waals surface area contributed by atoms with Gasteiger partial charge in [0.15, 0.2) is 11.5 Å². The van der Waals surface area contributed by atoms with E-state index in [0.717, 1.165) is 11.1 Å². The van der Waals surface area contributed by atoms with Crippen molar-refractivity contribution in [1.29, 1.82) is 0 Å². The predicted molar refractivity (Wildman–Crippen MR) is 121 cm³/mol. The van der Waals surface area contributed by atoms with Crippen LogP contribution < -0.4 is 14.8 Å². The highest BCUT2D eigenvalue weighted by Crippen LogP contribution is 2.37. The molecule has 3 aromatic rings. The van der Waals surface area contributed by atoms with Crippen molar-refractivity contribution in [3.05, 3.63) is 93.2 Å². The van der Waals surface area contributed by atoms with E-state index in [1.165, 1.54) is 12.1 Å². The molecule has 3 rings (SSSR count). The molecule has 31 heavy (non-hydrogen) atoms. The molecule has 3 aromatic carbocycles. The molecule has 0 spiro atoms. The van der Waals surface area contributed by atoms with Gasteiger partial charge in [-0.2, -0.15) is 0 Å². The van der Waals surface area contributed by atoms with Crippen molar-refractivity contribution < 1.29 is 19.0 Å². The SMILES string of the molecule is CCOc1cc(CNCC(O)c2ccccc2)cc(Cl)c1OCc1ccc(F)cc1Cl. The van der Waals surface area contributed by atoms with Gasteiger partial charge in [0.25, 0.3) is 0 Å². The Morgan fingerprint density at radius 3 is 2.48 bits per heavy atom. The van der Waals surface area contributed by atoms with E-state index in [-0.39, 0.29) is 11.6 Å². The van der Waals surface area contributed by atoms with Gasteiger partial charge in [-0.25, -0.2) is 4.39 Å². The third-order valence-electron chi connectivity index (χ3n) is 4.61. The van der Waals surface area contributed by atoms with Crippen molar-refractivity contribution in [3.8, 4) is 11.5 Å². The third-order valence-corrected chi connectivity index (χ3v) is 5.24. The van der Waals surface area contributed by atoms with Gasteiger partial charge in [-0.1, -0.05) is 59.6 Å². The first kappa shape index (κ1) is 23.4. The van der Waals surface area contributed by atoms with Crippen molar-refractivity contribution in [2.45, 2.75) is 26.2 Å². The summed E-state index contributed by atoms with van der Waals surface area (Å²) in [5.41, 5.74) is 2.38. The number of aliphatic hydroxyl groups excluding tert-OH is 1. The van der Waals surface area contributed by atoms with Crippen LogP contribution >= 0.6 is 23.2 Å². The highest BCUT2D eigenvalue weighted by atomic mass is 35.5. The van der Waals surface area contributed by atoms with E-state index in [1.54, 1.807) is 12.1 Å². The van der Waals surface area contributed by atoms with Crippen molar-refractivity contribution in [2.24, 2.45) is 0 Å². The number of aliphatic hydroxyl groups is 1. The van der Waals surface area contributed by atoms with Gasteiger partial charge in [-0.05, 0) is 42.3 Å². The Morgan fingerprint density at radius 2 is 1.77 bits per heavy atom. The molecule has 0 aliphatic rings. The van der Waals surface area contributed by atoms with Gasteiger partial charge in [0, 0.05) is 18.7 Å². The molecule has 1 unspecified atom stereocenters. The minimum Gasteiger partial charge on any atom is -0.490 e. The summed E-state index contributed by atoms with van der Waals surface area (Å²) in [5.74, 6) is 0.502. The lowest BCUT2D eigenvalue weighted by Crippen LogP contribution is -2.21. The molecular formula is C24H24Cl2FNO3. The fourth-order valence-corrected chi connectivity index (χ4v) is 3.57. The fraction of sp³-hybridized carbons (Fsp3) is 0.250. The second-order valence-electron chi connectivity index (χ2n) is 6.92. The van der Waals surface area contributed by atoms with E-state index >= 15 is 0 Å². The molecule has 0 bridgehead atoms. The largest absolute Gasteiger partial charge is 0.490 e. The Morgan fingerprint density at radius 1 is 1.00 bits per heavy atom. The molecule has 0 saturated heterocycles. The summed E-state index contributed by atoms with van der Waals surface area (Å²) < 4.78 is 24.8. The Hall–Kier alpha value is -2.31. The van der Waals surface area contributed by atoms with Crippen LogP contribution in [0.3, 0.4) is 0 Å². The topological polar surface area (TPSA) is 50.7 Å². The Bertz CT molecular complexity index is 1000. The maximum Gasteiger partial charge on any atom is 0.180 e. The first-order chi connectivity index (χ1) is 15.0. The quantitative estimate of drug-likeness (QED) is 0.390. The Balaban J connectivity index is 1.66. The van der Waals surface area contributed by atoms with Crippen LogP contribution in [0.25, 0.3) is 0 Å². The predicted octanol–water partition coefficient (Wildman–Crippen LogP) is 5.93. The second kappa shape index (κ2) is 11.3. The molecule has 0 fully saturated rings. The molecule has 0 radical (unpaired) electrons. The summed E-state index contributed by atoms with van der Waals surface area (Å²) in [6, 6.07) is 17.2. The van der Waals surface area contributed by atoms with E-state index in [4.69, 9.17) is 32.7 Å². The van der Waals surface area contributed by atoms with Gasteiger partial charge in [-0.3, -0.25) is 0 Å². The van der Waals surface area contributed by atoms with Gasteiger partial charge in [0.05, 0.1) is 22.8 Å². The highest BCUT2D eigenvalue weighted by molar-refractivity contribution is 6.32. The van der Waals surface area contributed by atoms with Crippen LogP contribution in [0.15, 0.2) is 60.7 Å². The number of ether oxygens (including phenoxy) is 2. The minimum atomic E-state index is -0.605. The fourth-order valence-electron chi connectivity index (χ4n) is 3.06. The zero-order valence-corrected chi connectivity index (χ0v) is 18.6. The summed E-state index contributed by atoms with van der Waals surface area (Å²) in [7, 11) is 0. The lowest BCUT2D eigenvalue weighted by Gasteiger charge is -2.17. The van der Waals surface area contributed by atoms with Gasteiger partial charge in [0.2, 0.25) is 0 Å². The van der Waals surface area contributed by atoms with Gasteiger partial charge in [0.1, 0.15) is 12.4 Å². The van der Waals surface area contributed by atoms with Crippen LogP contribution in [0.1, 0.15) is 29.7 Å². The molecule has 164 valence electrons. The molecule has 0 heterocycles. The van der Waals surface area contributed by atoms with Crippen LogP contribution in [-0.2, 0) is 13.2 Å². The number of benzene rings is 3. The van der Waals surface area contributed by atoms with Crippen LogP contribution in [0.4, 0.5) is 4.39 Å². The molecular weight excluding hydrogens is 440 g/mol. The summed E-state index contributed by atoms with van der Waals surface area (Å²) in [6.45, 7) is 3.32. The van der Waals surface area contributed by atoms with E-state index in [2.05, 4.69) is 5.32 Å². The van der Waals surface area contributed by atoms with E-state index in [1.807, 2.05) is 43.3 Å². The second-order valence-corrected chi connectivity index (χ2v) is 7.73. The summed E-state index contributed by atoms with van der Waals surface area (Å²) in [4.78, 5) is 0. The smallest absolute Gasteiger partial charge is 0.180 e. The van der Waals surface area contributed by atoms with Crippen molar-refractivity contribution in [2.75, 3.05) is 13.2 Å². The lowest BCUT2D eigenvalue weighted by atomic mass is 10.1. The van der Waals surface area contributed by atoms with E-state index < -0.39 is 11.9 Å². The standard InChI is InChI=1S/C24H24Cl2FNO3/c1-2-30-23-11-16(13-28-14-22(29)17-6-4-3-5-7-17)10-21(26)24(23)31-15-18-8-9-19(27)12-20(18)25/h3-12,22,28-29H,2,13-15H2,1H3. The lowest BCUT2D eigenvalue weighted by molar-refractivity contribution is 0.174. The zero-order valence-electron chi connectivity index (χ0n) is 17.1. The van der Waals surface area contributed by atoms with Crippen LogP contribution in [0.5, 0.6) is 11.5 Å². The highest BCUT2D eigenvalue weighted by Gasteiger charge is 2.14. The number of hydrogen-bond acceptors (Lipinski definition) is 4. The summed E-state index contributed by atoms with van der Waals surface area (Å²) >= 11 is 12.5. The average molecular weight is 464 g/mol. The van der Waals surface area contributed by atoms with Gasteiger partial charge < -0.3 is 19.9 Å². The molecule has 0 aliphatic heterocycles. The van der Waals surface area contributed by atoms with Gasteiger partial charge >= 0.3 is 0 Å². The number of rotatable bonds is 10. The first-order valence-electron chi connectivity index (χ1n) is 9.93. The van der Waals surface area contributed by atoms with E-state index in [9.17, 15) is 9.50 Å². The van der Waals surface area contributed by atoms with Crippen LogP contribution in [0.2, 0.25) is 10.0 Å². The maximum atomic E-state index is 13.2. The molecule has 7 heteroatoms. The van der Waals surface area contributed by atoms with Gasteiger partial charge in [-0.15, -0.1) is 0 Å². The number of nitrogens with one attached hydrogen (secondary N) is 1. The van der Waals surface area contributed by atoms with Crippen molar-refractivity contribution in [1.82, 2.24) is 5.32 Å². The molecule has 0 aliphatic carbocycles. The Kier molecular flexibility index (Phi) is 8.55. The minimum absolute atomic E-state index is 0.125.